The maximum absolute atomic E-state index is 5.68. The van der Waals surface area contributed by atoms with Crippen molar-refractivity contribution < 1.29 is 9.47 Å². The van der Waals surface area contributed by atoms with Crippen LogP contribution in [-0.4, -0.2) is 19.3 Å². The normalized spacial score (nSPS) is 19.4. The lowest BCUT2D eigenvalue weighted by atomic mass is 10.1. The standard InChI is InChI=1S/C12H16O2/c1-3-10-5-4-6-12(9(10)2)14-8-11-7-13-11/h4-6,11H,3,7-8H2,1-2H3. The van der Waals surface area contributed by atoms with Gasteiger partial charge in [0.1, 0.15) is 18.5 Å². The lowest BCUT2D eigenvalue weighted by molar-refractivity contribution is 0.261. The minimum atomic E-state index is 0.333. The molecule has 1 saturated heterocycles. The van der Waals surface area contributed by atoms with Crippen LogP contribution in [0.1, 0.15) is 18.1 Å². The third-order valence-electron chi connectivity index (χ3n) is 2.60. The summed E-state index contributed by atoms with van der Waals surface area (Å²) in [4.78, 5) is 0. The fourth-order valence-corrected chi connectivity index (χ4v) is 1.55. The van der Waals surface area contributed by atoms with Crippen LogP contribution in [0.15, 0.2) is 18.2 Å². The van der Waals surface area contributed by atoms with Crippen molar-refractivity contribution in [3.05, 3.63) is 29.3 Å². The van der Waals surface area contributed by atoms with E-state index >= 15 is 0 Å². The van der Waals surface area contributed by atoms with Gasteiger partial charge >= 0.3 is 0 Å². The maximum Gasteiger partial charge on any atom is 0.122 e. The van der Waals surface area contributed by atoms with Crippen LogP contribution >= 0.6 is 0 Å². The molecule has 2 nitrogen and oxygen atoms in total. The highest BCUT2D eigenvalue weighted by Gasteiger charge is 2.23. The van der Waals surface area contributed by atoms with Gasteiger partial charge in [-0.2, -0.15) is 0 Å². The summed E-state index contributed by atoms with van der Waals surface area (Å²) in [6.45, 7) is 5.82. The molecule has 1 fully saturated rings. The molecule has 0 saturated carbocycles. The maximum atomic E-state index is 5.68. The molecule has 2 rings (SSSR count). The Morgan fingerprint density at radius 3 is 2.93 bits per heavy atom. The van der Waals surface area contributed by atoms with Crippen molar-refractivity contribution in [1.82, 2.24) is 0 Å². The van der Waals surface area contributed by atoms with Crippen molar-refractivity contribution in [3.63, 3.8) is 0 Å². The molecule has 0 spiro atoms. The third kappa shape index (κ3) is 2.07. The molecule has 0 aliphatic carbocycles. The molecule has 0 amide bonds. The Bertz CT molecular complexity index is 316. The van der Waals surface area contributed by atoms with E-state index in [1.807, 2.05) is 6.07 Å². The van der Waals surface area contributed by atoms with E-state index in [0.717, 1.165) is 18.8 Å². The van der Waals surface area contributed by atoms with Crippen LogP contribution in [0.3, 0.4) is 0 Å². The Morgan fingerprint density at radius 2 is 2.29 bits per heavy atom. The first-order chi connectivity index (χ1) is 6.81. The zero-order valence-corrected chi connectivity index (χ0v) is 8.75. The van der Waals surface area contributed by atoms with Crippen molar-refractivity contribution in [3.8, 4) is 5.75 Å². The molecule has 2 heteroatoms. The van der Waals surface area contributed by atoms with Crippen LogP contribution in [0.2, 0.25) is 0 Å². The van der Waals surface area contributed by atoms with Crippen molar-refractivity contribution >= 4 is 0 Å². The van der Waals surface area contributed by atoms with E-state index in [0.29, 0.717) is 12.7 Å². The van der Waals surface area contributed by atoms with Gasteiger partial charge in [-0.3, -0.25) is 0 Å². The molecule has 0 N–H and O–H groups in total. The van der Waals surface area contributed by atoms with Gasteiger partial charge in [-0.15, -0.1) is 0 Å². The average molecular weight is 192 g/mol. The van der Waals surface area contributed by atoms with Crippen LogP contribution < -0.4 is 4.74 Å². The van der Waals surface area contributed by atoms with Crippen molar-refractivity contribution in [2.24, 2.45) is 0 Å². The number of hydrogen-bond donors (Lipinski definition) is 0. The second-order valence-corrected chi connectivity index (χ2v) is 3.66. The molecule has 1 aromatic carbocycles. The average Bonchev–Trinajstić information content (AvgIpc) is 3.00. The zero-order chi connectivity index (χ0) is 9.97. The summed E-state index contributed by atoms with van der Waals surface area (Å²) in [5, 5.41) is 0. The van der Waals surface area contributed by atoms with Crippen LogP contribution in [0.5, 0.6) is 5.75 Å². The minimum absolute atomic E-state index is 0.333. The molecule has 76 valence electrons. The van der Waals surface area contributed by atoms with Gasteiger partial charge in [0.2, 0.25) is 0 Å². The fourth-order valence-electron chi connectivity index (χ4n) is 1.55. The van der Waals surface area contributed by atoms with Gasteiger partial charge in [-0.05, 0) is 30.5 Å². The summed E-state index contributed by atoms with van der Waals surface area (Å²) < 4.78 is 10.8. The van der Waals surface area contributed by atoms with Crippen molar-refractivity contribution in [1.29, 1.82) is 0 Å². The number of benzene rings is 1. The molecule has 14 heavy (non-hydrogen) atoms. The number of epoxide rings is 1. The van der Waals surface area contributed by atoms with E-state index < -0.39 is 0 Å². The first kappa shape index (κ1) is 9.53. The van der Waals surface area contributed by atoms with Crippen LogP contribution in [0.4, 0.5) is 0 Å². The Morgan fingerprint density at radius 1 is 1.50 bits per heavy atom. The van der Waals surface area contributed by atoms with E-state index in [9.17, 15) is 0 Å². The number of aryl methyl sites for hydroxylation is 1. The molecule has 0 aromatic heterocycles. The fraction of sp³-hybridized carbons (Fsp3) is 0.500. The van der Waals surface area contributed by atoms with E-state index in [1.165, 1.54) is 11.1 Å². The van der Waals surface area contributed by atoms with E-state index in [4.69, 9.17) is 9.47 Å². The molecule has 1 unspecified atom stereocenters. The first-order valence-corrected chi connectivity index (χ1v) is 5.14. The summed E-state index contributed by atoms with van der Waals surface area (Å²) >= 11 is 0. The highest BCUT2D eigenvalue weighted by molar-refractivity contribution is 5.39. The minimum Gasteiger partial charge on any atom is -0.491 e. The molecule has 1 aliphatic heterocycles. The lowest BCUT2D eigenvalue weighted by Crippen LogP contribution is -2.05. The first-order valence-electron chi connectivity index (χ1n) is 5.14. The van der Waals surface area contributed by atoms with Gasteiger partial charge in [-0.1, -0.05) is 19.1 Å². The summed E-state index contributed by atoms with van der Waals surface area (Å²) in [6, 6.07) is 6.22. The van der Waals surface area contributed by atoms with E-state index in [1.54, 1.807) is 0 Å². The van der Waals surface area contributed by atoms with Crippen molar-refractivity contribution in [2.75, 3.05) is 13.2 Å². The van der Waals surface area contributed by atoms with Gasteiger partial charge in [0.25, 0.3) is 0 Å². The SMILES string of the molecule is CCc1cccc(OCC2CO2)c1C. The molecular weight excluding hydrogens is 176 g/mol. The predicted molar refractivity (Wildman–Crippen MR) is 55.8 cm³/mol. The summed E-state index contributed by atoms with van der Waals surface area (Å²) in [5.41, 5.74) is 2.62. The Balaban J connectivity index is 2.06. The van der Waals surface area contributed by atoms with E-state index in [-0.39, 0.29) is 0 Å². The molecule has 1 aromatic rings. The predicted octanol–water partition coefficient (Wildman–Crippen LogP) is 2.34. The zero-order valence-electron chi connectivity index (χ0n) is 8.75. The van der Waals surface area contributed by atoms with Gasteiger partial charge in [0.05, 0.1) is 6.61 Å². The monoisotopic (exact) mass is 192 g/mol. The van der Waals surface area contributed by atoms with Crippen LogP contribution in [-0.2, 0) is 11.2 Å². The van der Waals surface area contributed by atoms with Gasteiger partial charge < -0.3 is 9.47 Å². The number of rotatable bonds is 4. The highest BCUT2D eigenvalue weighted by Crippen LogP contribution is 2.23. The Kier molecular flexibility index (Phi) is 2.73. The quantitative estimate of drug-likeness (QED) is 0.683. The number of ether oxygens (including phenoxy) is 2. The van der Waals surface area contributed by atoms with E-state index in [2.05, 4.69) is 26.0 Å². The topological polar surface area (TPSA) is 21.8 Å². The summed E-state index contributed by atoms with van der Waals surface area (Å²) in [6.07, 6.45) is 1.39. The molecule has 0 bridgehead atoms. The van der Waals surface area contributed by atoms with Gasteiger partial charge in [-0.25, -0.2) is 0 Å². The van der Waals surface area contributed by atoms with Crippen LogP contribution in [0.25, 0.3) is 0 Å². The van der Waals surface area contributed by atoms with Crippen molar-refractivity contribution in [2.45, 2.75) is 26.4 Å². The smallest absolute Gasteiger partial charge is 0.122 e. The van der Waals surface area contributed by atoms with Gasteiger partial charge in [0, 0.05) is 0 Å². The number of hydrogen-bond acceptors (Lipinski definition) is 2. The van der Waals surface area contributed by atoms with Crippen LogP contribution in [0, 0.1) is 6.92 Å². The highest BCUT2D eigenvalue weighted by atomic mass is 16.6. The lowest BCUT2D eigenvalue weighted by Gasteiger charge is -2.10. The molecule has 1 atom stereocenters. The molecule has 0 radical (unpaired) electrons. The Hall–Kier alpha value is -1.02. The third-order valence-corrected chi connectivity index (χ3v) is 2.60. The summed E-state index contributed by atoms with van der Waals surface area (Å²) in [5.74, 6) is 1.000. The largest absolute Gasteiger partial charge is 0.491 e. The second kappa shape index (κ2) is 4.01. The van der Waals surface area contributed by atoms with Gasteiger partial charge in [0.15, 0.2) is 0 Å². The molecule has 1 aliphatic rings. The summed E-state index contributed by atoms with van der Waals surface area (Å²) in [7, 11) is 0. The Labute approximate surface area is 84.8 Å². The molecule has 1 heterocycles. The molecular formula is C12H16O2. The second-order valence-electron chi connectivity index (χ2n) is 3.66.